The van der Waals surface area contributed by atoms with Gasteiger partial charge in [-0.05, 0) is 81.1 Å². The summed E-state index contributed by atoms with van der Waals surface area (Å²) in [4.78, 5) is 10.3. The van der Waals surface area contributed by atoms with Crippen molar-refractivity contribution in [3.8, 4) is 16.8 Å². The number of hydrogen-bond donors (Lipinski definition) is 1. The molecule has 4 nitrogen and oxygen atoms in total. The van der Waals surface area contributed by atoms with E-state index in [1.54, 1.807) is 0 Å². The number of aromatic nitrogens is 1. The minimum absolute atomic E-state index is 0.286. The number of amidine groups is 2. The lowest BCUT2D eigenvalue weighted by Crippen LogP contribution is -2.36. The Morgan fingerprint density at radius 2 is 1.16 bits per heavy atom. The molecule has 57 heavy (non-hydrogen) atoms. The smallest absolute Gasteiger partial charge is 0.169 e. The van der Waals surface area contributed by atoms with Crippen molar-refractivity contribution < 1.29 is 0 Å². The quantitative estimate of drug-likeness (QED) is 0.182. The fourth-order valence-corrected chi connectivity index (χ4v) is 9.77. The Morgan fingerprint density at radius 3 is 1.88 bits per heavy atom. The van der Waals surface area contributed by atoms with E-state index in [4.69, 9.17) is 9.98 Å². The van der Waals surface area contributed by atoms with Crippen LogP contribution in [0.5, 0.6) is 0 Å². The third-order valence-electron chi connectivity index (χ3n) is 12.2. The van der Waals surface area contributed by atoms with E-state index >= 15 is 0 Å². The fourth-order valence-electron chi connectivity index (χ4n) is 9.77. The predicted molar refractivity (Wildman–Crippen MR) is 234 cm³/mol. The molecule has 0 fully saturated rings. The highest BCUT2D eigenvalue weighted by Crippen LogP contribution is 2.59. The topological polar surface area (TPSA) is 41.7 Å². The van der Waals surface area contributed by atoms with Crippen LogP contribution in [0.15, 0.2) is 204 Å². The normalized spacial score (nSPS) is 17.7. The molecule has 11 rings (SSSR count). The number of allylic oxidation sites excluding steroid dienone is 1. The standard InChI is InChI=1S/C53H40N4/c1-35-32-44-43-28-13-16-31-48(43)57(40-25-17-22-38(33-40)52-55-50(36-18-5-2-6-19-36)54-51(56-52)37-20-7-3-8-21-37)49(44)34-47(35)53(39-23-9-4-10-24-39)45-29-14-11-26-41(45)42-27-12-15-30-46(42)53/h2-31,33-35,50H,32H2,1H3,(H,54,55,56). The van der Waals surface area contributed by atoms with E-state index in [9.17, 15) is 0 Å². The lowest BCUT2D eigenvalue weighted by atomic mass is 9.62. The fraction of sp³-hybridized carbons (Fsp3) is 0.0943. The number of hydrogen-bond acceptors (Lipinski definition) is 3. The first-order chi connectivity index (χ1) is 28.2. The van der Waals surface area contributed by atoms with Gasteiger partial charge in [-0.15, -0.1) is 0 Å². The molecule has 0 amide bonds. The number of fused-ring (bicyclic) bond motifs is 6. The molecule has 0 radical (unpaired) electrons. The molecule has 1 aromatic heterocycles. The molecule has 0 bridgehead atoms. The van der Waals surface area contributed by atoms with Crippen LogP contribution in [-0.2, 0) is 11.8 Å². The average Bonchev–Trinajstić information content (AvgIpc) is 3.77. The molecule has 272 valence electrons. The zero-order valence-electron chi connectivity index (χ0n) is 31.7. The van der Waals surface area contributed by atoms with Crippen molar-refractivity contribution in [2.75, 3.05) is 0 Å². The van der Waals surface area contributed by atoms with Gasteiger partial charge in [0.1, 0.15) is 11.7 Å². The molecule has 1 aliphatic heterocycles. The second kappa shape index (κ2) is 13.3. The van der Waals surface area contributed by atoms with E-state index in [0.717, 1.165) is 40.5 Å². The molecule has 0 saturated heterocycles. The molecular formula is C53H40N4. The van der Waals surface area contributed by atoms with Crippen molar-refractivity contribution in [2.45, 2.75) is 24.9 Å². The predicted octanol–water partition coefficient (Wildman–Crippen LogP) is 11.7. The third-order valence-corrected chi connectivity index (χ3v) is 12.2. The zero-order valence-corrected chi connectivity index (χ0v) is 31.7. The highest BCUT2D eigenvalue weighted by Gasteiger charge is 2.49. The summed E-state index contributed by atoms with van der Waals surface area (Å²) in [6, 6.07) is 67.7. The van der Waals surface area contributed by atoms with Crippen molar-refractivity contribution in [1.29, 1.82) is 0 Å². The summed E-state index contributed by atoms with van der Waals surface area (Å²) in [5.74, 6) is 1.90. The average molecular weight is 733 g/mol. The molecule has 8 aromatic rings. The van der Waals surface area contributed by atoms with Crippen LogP contribution in [0, 0.1) is 5.92 Å². The van der Waals surface area contributed by atoms with Gasteiger partial charge in [0, 0.05) is 22.2 Å². The lowest BCUT2D eigenvalue weighted by molar-refractivity contribution is 0.572. The Kier molecular flexibility index (Phi) is 7.78. The highest BCUT2D eigenvalue weighted by molar-refractivity contribution is 6.16. The van der Waals surface area contributed by atoms with Crippen LogP contribution in [0.4, 0.5) is 0 Å². The number of aliphatic imine (C=N–C) groups is 2. The summed E-state index contributed by atoms with van der Waals surface area (Å²) in [6.07, 6.45) is 3.13. The number of benzene rings is 7. The van der Waals surface area contributed by atoms with Crippen LogP contribution in [-0.4, -0.2) is 16.2 Å². The number of nitrogens with one attached hydrogen (secondary N) is 1. The van der Waals surface area contributed by atoms with Gasteiger partial charge >= 0.3 is 0 Å². The molecule has 7 aromatic carbocycles. The summed E-state index contributed by atoms with van der Waals surface area (Å²) >= 11 is 0. The van der Waals surface area contributed by atoms with Crippen LogP contribution in [0.25, 0.3) is 33.8 Å². The molecule has 1 N–H and O–H groups in total. The number of rotatable bonds is 6. The number of nitrogens with zero attached hydrogens (tertiary/aromatic N) is 3. The Labute approximate surface area is 333 Å². The Bertz CT molecular complexity index is 2870. The van der Waals surface area contributed by atoms with E-state index in [2.05, 4.69) is 199 Å². The number of para-hydroxylation sites is 1. The summed E-state index contributed by atoms with van der Waals surface area (Å²) in [5, 5.41) is 4.93. The first-order valence-corrected chi connectivity index (χ1v) is 19.9. The molecule has 3 aliphatic rings. The van der Waals surface area contributed by atoms with Gasteiger partial charge in [0.05, 0.1) is 16.6 Å². The first-order valence-electron chi connectivity index (χ1n) is 19.9. The molecule has 4 heteroatoms. The van der Waals surface area contributed by atoms with Gasteiger partial charge in [0.2, 0.25) is 0 Å². The minimum Gasteiger partial charge on any atom is -0.324 e. The van der Waals surface area contributed by atoms with Crippen molar-refractivity contribution in [3.63, 3.8) is 0 Å². The Balaban J connectivity index is 1.11. The second-order valence-electron chi connectivity index (χ2n) is 15.4. The molecule has 0 spiro atoms. The third kappa shape index (κ3) is 5.21. The van der Waals surface area contributed by atoms with E-state index < -0.39 is 5.41 Å². The Hall–Kier alpha value is -7.04. The summed E-state index contributed by atoms with van der Waals surface area (Å²) in [5.41, 5.74) is 15.7. The minimum atomic E-state index is -0.435. The van der Waals surface area contributed by atoms with Crippen molar-refractivity contribution in [3.05, 3.63) is 238 Å². The van der Waals surface area contributed by atoms with E-state index in [0.29, 0.717) is 0 Å². The lowest BCUT2D eigenvalue weighted by Gasteiger charge is -2.40. The maximum absolute atomic E-state index is 5.23. The van der Waals surface area contributed by atoms with Gasteiger partial charge in [-0.1, -0.05) is 177 Å². The summed E-state index contributed by atoms with van der Waals surface area (Å²) < 4.78 is 2.48. The maximum atomic E-state index is 5.23. The van der Waals surface area contributed by atoms with Gasteiger partial charge in [-0.25, -0.2) is 9.98 Å². The van der Waals surface area contributed by atoms with Crippen molar-refractivity contribution in [1.82, 2.24) is 9.88 Å². The first kappa shape index (κ1) is 33.3. The van der Waals surface area contributed by atoms with E-state index in [1.165, 1.54) is 55.6 Å². The monoisotopic (exact) mass is 732 g/mol. The molecule has 0 saturated carbocycles. The second-order valence-corrected chi connectivity index (χ2v) is 15.4. The van der Waals surface area contributed by atoms with Crippen molar-refractivity contribution >= 4 is 28.7 Å². The van der Waals surface area contributed by atoms with Crippen LogP contribution in [0.1, 0.15) is 57.7 Å². The largest absolute Gasteiger partial charge is 0.324 e. The van der Waals surface area contributed by atoms with Crippen LogP contribution < -0.4 is 5.32 Å². The van der Waals surface area contributed by atoms with Crippen LogP contribution in [0.3, 0.4) is 0 Å². The Morgan fingerprint density at radius 1 is 0.579 bits per heavy atom. The summed E-state index contributed by atoms with van der Waals surface area (Å²) in [6.45, 7) is 2.43. The highest BCUT2D eigenvalue weighted by atomic mass is 15.2. The molecule has 2 atom stereocenters. The van der Waals surface area contributed by atoms with Gasteiger partial charge in [0.15, 0.2) is 6.17 Å². The van der Waals surface area contributed by atoms with Crippen LogP contribution >= 0.6 is 0 Å². The molecule has 2 unspecified atom stereocenters. The molecular weight excluding hydrogens is 693 g/mol. The maximum Gasteiger partial charge on any atom is 0.169 e. The van der Waals surface area contributed by atoms with E-state index in [-0.39, 0.29) is 12.1 Å². The summed E-state index contributed by atoms with van der Waals surface area (Å²) in [7, 11) is 0. The molecule has 2 heterocycles. The van der Waals surface area contributed by atoms with E-state index in [1.807, 2.05) is 12.1 Å². The van der Waals surface area contributed by atoms with Gasteiger partial charge in [0.25, 0.3) is 0 Å². The SMILES string of the molecule is CC1Cc2c(n(-c3cccc(C4=NC(c5ccccc5)N=C(c5ccccc5)N4)c3)c3ccccc23)C=C1C1(c2ccccc2)c2ccccc2-c2ccccc21. The zero-order chi connectivity index (χ0) is 37.9. The van der Waals surface area contributed by atoms with Crippen molar-refractivity contribution in [2.24, 2.45) is 15.9 Å². The van der Waals surface area contributed by atoms with Gasteiger partial charge in [-0.2, -0.15) is 0 Å². The van der Waals surface area contributed by atoms with Crippen LogP contribution in [0.2, 0.25) is 0 Å². The van der Waals surface area contributed by atoms with Gasteiger partial charge in [-0.3, -0.25) is 0 Å². The van der Waals surface area contributed by atoms with Gasteiger partial charge < -0.3 is 9.88 Å². The molecule has 2 aliphatic carbocycles.